The number of halogens is 1. The van der Waals surface area contributed by atoms with Gasteiger partial charge in [-0.1, -0.05) is 0 Å². The number of hydrogen-bond acceptors (Lipinski definition) is 4. The number of aromatic nitrogens is 2. The minimum atomic E-state index is -1.16. The van der Waals surface area contributed by atoms with Gasteiger partial charge in [0.2, 0.25) is 0 Å². The van der Waals surface area contributed by atoms with Gasteiger partial charge in [0.15, 0.2) is 5.78 Å². The van der Waals surface area contributed by atoms with E-state index in [4.69, 9.17) is 5.73 Å². The summed E-state index contributed by atoms with van der Waals surface area (Å²) in [5.41, 5.74) is 7.13. The van der Waals surface area contributed by atoms with Crippen LogP contribution in [0.3, 0.4) is 0 Å². The van der Waals surface area contributed by atoms with Crippen LogP contribution in [0.4, 0.5) is 0 Å². The number of nitrogens with two attached hydrogens (primary N) is 1. The van der Waals surface area contributed by atoms with Crippen LogP contribution in [-0.4, -0.2) is 33.5 Å². The molecule has 4 N–H and O–H groups in total. The number of carbonyl (C=O) groups is 1. The third kappa shape index (κ3) is 1.87. The molecule has 2 aromatic rings. The zero-order valence-corrected chi connectivity index (χ0v) is 9.86. The van der Waals surface area contributed by atoms with Crippen LogP contribution in [0.15, 0.2) is 22.9 Å². The van der Waals surface area contributed by atoms with Gasteiger partial charge in [0.05, 0.1) is 11.8 Å². The number of ketones is 1. The van der Waals surface area contributed by atoms with Crippen LogP contribution < -0.4 is 5.73 Å². The van der Waals surface area contributed by atoms with Crippen molar-refractivity contribution in [3.8, 4) is 0 Å². The summed E-state index contributed by atoms with van der Waals surface area (Å²) >= 11 is 3.32. The summed E-state index contributed by atoms with van der Waals surface area (Å²) in [6, 6.07) is 3.28. The molecule has 1 heterocycles. The summed E-state index contributed by atoms with van der Waals surface area (Å²) in [7, 11) is 0. The molecule has 0 amide bonds. The molecule has 0 aliphatic heterocycles. The monoisotopic (exact) mass is 283 g/mol. The number of carbonyl (C=O) groups excluding carboxylic acids is 1. The number of aromatic amines is 1. The summed E-state index contributed by atoms with van der Waals surface area (Å²) in [4.78, 5) is 18.7. The maximum absolute atomic E-state index is 11.7. The predicted molar refractivity (Wildman–Crippen MR) is 63.2 cm³/mol. The highest BCUT2D eigenvalue weighted by Crippen LogP contribution is 2.23. The largest absolute Gasteiger partial charge is 0.384 e. The van der Waals surface area contributed by atoms with Crippen molar-refractivity contribution in [2.75, 3.05) is 6.54 Å². The molecule has 0 bridgehead atoms. The Morgan fingerprint density at radius 1 is 1.62 bits per heavy atom. The van der Waals surface area contributed by atoms with E-state index in [9.17, 15) is 9.90 Å². The number of hydrogen-bond donors (Lipinski definition) is 3. The van der Waals surface area contributed by atoms with Gasteiger partial charge in [0.25, 0.3) is 0 Å². The first-order valence-corrected chi connectivity index (χ1v) is 5.47. The predicted octanol–water partition coefficient (Wildman–Crippen LogP) is 0.828. The highest BCUT2D eigenvalue weighted by atomic mass is 79.9. The number of aliphatic hydroxyl groups is 1. The van der Waals surface area contributed by atoms with Crippen molar-refractivity contribution in [1.82, 2.24) is 9.97 Å². The molecule has 0 aliphatic rings. The van der Waals surface area contributed by atoms with E-state index in [0.717, 1.165) is 11.0 Å². The molecule has 0 fully saturated rings. The van der Waals surface area contributed by atoms with Crippen molar-refractivity contribution in [3.05, 3.63) is 28.5 Å². The Kier molecular flexibility index (Phi) is 3.04. The zero-order valence-electron chi connectivity index (χ0n) is 8.27. The van der Waals surface area contributed by atoms with E-state index in [1.165, 1.54) is 0 Å². The molecule has 0 saturated carbocycles. The fraction of sp³-hybridized carbons (Fsp3) is 0.200. The Balaban J connectivity index is 2.49. The van der Waals surface area contributed by atoms with E-state index >= 15 is 0 Å². The van der Waals surface area contributed by atoms with Gasteiger partial charge in [-0.3, -0.25) is 4.79 Å². The summed E-state index contributed by atoms with van der Waals surface area (Å²) in [5.74, 6) is -0.389. The molecule has 1 unspecified atom stereocenters. The lowest BCUT2D eigenvalue weighted by Gasteiger charge is -2.07. The Labute approximate surface area is 99.8 Å². The van der Waals surface area contributed by atoms with Crippen molar-refractivity contribution < 1.29 is 9.90 Å². The number of nitrogens with one attached hydrogen (secondary N) is 1. The molecule has 0 spiro atoms. The minimum Gasteiger partial charge on any atom is -0.384 e. The average Bonchev–Trinajstić information content (AvgIpc) is 2.75. The van der Waals surface area contributed by atoms with Gasteiger partial charge in [-0.15, -0.1) is 0 Å². The van der Waals surface area contributed by atoms with Crippen LogP contribution in [0.5, 0.6) is 0 Å². The van der Waals surface area contributed by atoms with E-state index in [1.807, 2.05) is 0 Å². The lowest BCUT2D eigenvalue weighted by atomic mass is 10.1. The van der Waals surface area contributed by atoms with Gasteiger partial charge in [0, 0.05) is 16.6 Å². The summed E-state index contributed by atoms with van der Waals surface area (Å²) in [6.45, 7) is -0.0858. The van der Waals surface area contributed by atoms with Crippen LogP contribution in [0, 0.1) is 0 Å². The van der Waals surface area contributed by atoms with Gasteiger partial charge < -0.3 is 15.8 Å². The summed E-state index contributed by atoms with van der Waals surface area (Å²) in [6.07, 6.45) is 0.385. The maximum atomic E-state index is 11.7. The number of fused-ring (bicyclic) bond motifs is 1. The Morgan fingerprint density at radius 2 is 2.38 bits per heavy atom. The first-order valence-electron chi connectivity index (χ1n) is 4.68. The maximum Gasteiger partial charge on any atom is 0.192 e. The fourth-order valence-corrected chi connectivity index (χ4v) is 2.01. The second-order valence-corrected chi connectivity index (χ2v) is 4.23. The molecule has 2 rings (SSSR count). The number of nitrogens with zero attached hydrogens (tertiary/aromatic N) is 1. The van der Waals surface area contributed by atoms with Crippen molar-refractivity contribution in [2.45, 2.75) is 6.10 Å². The van der Waals surface area contributed by atoms with Gasteiger partial charge in [0.1, 0.15) is 11.6 Å². The second-order valence-electron chi connectivity index (χ2n) is 3.37. The van der Waals surface area contributed by atoms with Gasteiger partial charge in [-0.2, -0.15) is 0 Å². The molecule has 0 saturated heterocycles. The topological polar surface area (TPSA) is 92.0 Å². The molecule has 16 heavy (non-hydrogen) atoms. The van der Waals surface area contributed by atoms with Crippen molar-refractivity contribution >= 4 is 32.7 Å². The van der Waals surface area contributed by atoms with Gasteiger partial charge in [-0.25, -0.2) is 4.98 Å². The van der Waals surface area contributed by atoms with Crippen molar-refractivity contribution in [1.29, 1.82) is 0 Å². The van der Waals surface area contributed by atoms with Crippen LogP contribution in [0.2, 0.25) is 0 Å². The van der Waals surface area contributed by atoms with Crippen LogP contribution in [-0.2, 0) is 0 Å². The molecule has 0 aliphatic carbocycles. The Hall–Kier alpha value is -1.24. The Bertz CT molecular complexity index is 538. The quantitative estimate of drug-likeness (QED) is 0.728. The minimum absolute atomic E-state index is 0.0858. The van der Waals surface area contributed by atoms with E-state index in [2.05, 4.69) is 25.9 Å². The smallest absolute Gasteiger partial charge is 0.192 e. The van der Waals surface area contributed by atoms with E-state index in [-0.39, 0.29) is 12.3 Å². The summed E-state index contributed by atoms with van der Waals surface area (Å²) < 4.78 is 0.707. The molecular formula is C10H10BrN3O2. The molecule has 1 aromatic heterocycles. The van der Waals surface area contributed by atoms with Crippen molar-refractivity contribution in [3.63, 3.8) is 0 Å². The number of imidazole rings is 1. The Morgan fingerprint density at radius 3 is 3.06 bits per heavy atom. The second kappa shape index (κ2) is 4.32. The lowest BCUT2D eigenvalue weighted by molar-refractivity contribution is 0.0763. The number of aliphatic hydroxyl groups excluding tert-OH is 1. The highest BCUT2D eigenvalue weighted by Gasteiger charge is 2.17. The first kappa shape index (κ1) is 11.3. The number of Topliss-reactive ketones (excluding diaryl/α,β-unsaturated/α-hetero) is 1. The molecule has 0 radical (unpaired) electrons. The first-order chi connectivity index (χ1) is 7.63. The van der Waals surface area contributed by atoms with Crippen molar-refractivity contribution in [2.24, 2.45) is 5.73 Å². The standard InChI is InChI=1S/C10H10BrN3O2/c11-6-1-5(10(16)8(15)3-12)2-7-9(6)14-4-13-7/h1-2,4,8,15H,3,12H2,(H,13,14). The SMILES string of the molecule is NCC(O)C(=O)c1cc(Br)c2nc[nH]c2c1. The van der Waals surface area contributed by atoms with E-state index in [1.54, 1.807) is 18.5 Å². The molecule has 1 atom stereocenters. The third-order valence-electron chi connectivity index (χ3n) is 2.29. The number of benzene rings is 1. The lowest BCUT2D eigenvalue weighted by Crippen LogP contribution is -2.29. The van der Waals surface area contributed by atoms with E-state index in [0.29, 0.717) is 10.0 Å². The zero-order chi connectivity index (χ0) is 11.7. The van der Waals surface area contributed by atoms with Crippen LogP contribution >= 0.6 is 15.9 Å². The fourth-order valence-electron chi connectivity index (χ4n) is 1.45. The highest BCUT2D eigenvalue weighted by molar-refractivity contribution is 9.10. The molecule has 84 valence electrons. The van der Waals surface area contributed by atoms with Crippen LogP contribution in [0.1, 0.15) is 10.4 Å². The molecule has 6 heteroatoms. The van der Waals surface area contributed by atoms with Gasteiger partial charge in [-0.05, 0) is 28.1 Å². The summed E-state index contributed by atoms with van der Waals surface area (Å²) in [5, 5.41) is 9.38. The third-order valence-corrected chi connectivity index (χ3v) is 2.89. The van der Waals surface area contributed by atoms with Gasteiger partial charge >= 0.3 is 0 Å². The number of rotatable bonds is 3. The molecule has 1 aromatic carbocycles. The number of H-pyrrole nitrogens is 1. The molecule has 5 nitrogen and oxygen atoms in total. The average molecular weight is 284 g/mol. The van der Waals surface area contributed by atoms with E-state index < -0.39 is 6.10 Å². The van der Waals surface area contributed by atoms with Crippen LogP contribution in [0.25, 0.3) is 11.0 Å². The normalized spacial score (nSPS) is 12.9. The molecular weight excluding hydrogens is 274 g/mol.